The molecule has 4 atom stereocenters. The molecule has 2 aliphatic rings. The highest BCUT2D eigenvalue weighted by Gasteiger charge is 2.52. The molecule has 0 spiro atoms. The fraction of sp³-hybridized carbons (Fsp3) is 1.00. The predicted molar refractivity (Wildman–Crippen MR) is 80.9 cm³/mol. The summed E-state index contributed by atoms with van der Waals surface area (Å²) in [4.78, 5) is 0. The standard InChI is InChI=1S/C17H33NO/c1-13(2)15-5-4-8-17(19,10-7-15)16(12-18)9-6-14(3)11-16/h13-15,19H,4-12,18H2,1-3H3. The molecule has 2 aliphatic carbocycles. The Kier molecular flexibility index (Phi) is 4.62. The van der Waals surface area contributed by atoms with Gasteiger partial charge in [-0.25, -0.2) is 0 Å². The van der Waals surface area contributed by atoms with Crippen molar-refractivity contribution in [1.29, 1.82) is 0 Å². The number of hydrogen-bond donors (Lipinski definition) is 2. The maximum Gasteiger partial charge on any atom is 0.0716 e. The summed E-state index contributed by atoms with van der Waals surface area (Å²) in [6.45, 7) is 7.63. The molecule has 19 heavy (non-hydrogen) atoms. The Morgan fingerprint density at radius 3 is 2.42 bits per heavy atom. The SMILES string of the molecule is CC1CCC(CN)(C2(O)CCCC(C(C)C)CC2)C1. The molecule has 2 saturated carbocycles. The third-order valence-electron chi connectivity index (χ3n) is 6.27. The second kappa shape index (κ2) is 5.73. The van der Waals surface area contributed by atoms with E-state index in [0.29, 0.717) is 6.54 Å². The zero-order chi connectivity index (χ0) is 14.1. The summed E-state index contributed by atoms with van der Waals surface area (Å²) < 4.78 is 0. The summed E-state index contributed by atoms with van der Waals surface area (Å²) in [6.07, 6.45) is 9.10. The Hall–Kier alpha value is -0.0800. The predicted octanol–water partition coefficient (Wildman–Crippen LogP) is 3.72. The van der Waals surface area contributed by atoms with Crippen molar-refractivity contribution in [1.82, 2.24) is 0 Å². The highest BCUT2D eigenvalue weighted by molar-refractivity contribution is 5.04. The number of hydrogen-bond acceptors (Lipinski definition) is 2. The molecule has 0 amide bonds. The van der Waals surface area contributed by atoms with Crippen LogP contribution < -0.4 is 5.73 Å². The van der Waals surface area contributed by atoms with E-state index in [1.54, 1.807) is 0 Å². The van der Waals surface area contributed by atoms with E-state index >= 15 is 0 Å². The van der Waals surface area contributed by atoms with E-state index in [1.807, 2.05) is 0 Å². The molecular weight excluding hydrogens is 234 g/mol. The molecule has 2 heteroatoms. The molecule has 112 valence electrons. The molecular formula is C17H33NO. The van der Waals surface area contributed by atoms with Gasteiger partial charge in [-0.1, -0.05) is 40.0 Å². The molecule has 2 fully saturated rings. The van der Waals surface area contributed by atoms with Crippen LogP contribution in [0.25, 0.3) is 0 Å². The Labute approximate surface area is 119 Å². The summed E-state index contributed by atoms with van der Waals surface area (Å²) in [7, 11) is 0. The quantitative estimate of drug-likeness (QED) is 0.766. The van der Waals surface area contributed by atoms with E-state index < -0.39 is 5.60 Å². The fourth-order valence-corrected chi connectivity index (χ4v) is 4.74. The number of aliphatic hydroxyl groups is 1. The topological polar surface area (TPSA) is 46.2 Å². The highest BCUT2D eigenvalue weighted by Crippen LogP contribution is 2.53. The second-order valence-electron chi connectivity index (χ2n) is 7.80. The monoisotopic (exact) mass is 267 g/mol. The molecule has 0 aromatic rings. The van der Waals surface area contributed by atoms with Crippen LogP contribution in [0.5, 0.6) is 0 Å². The lowest BCUT2D eigenvalue weighted by atomic mass is 9.66. The smallest absolute Gasteiger partial charge is 0.0716 e. The average Bonchev–Trinajstić information content (AvgIpc) is 2.64. The zero-order valence-corrected chi connectivity index (χ0v) is 13.1. The van der Waals surface area contributed by atoms with Gasteiger partial charge in [0, 0.05) is 12.0 Å². The zero-order valence-electron chi connectivity index (χ0n) is 13.1. The molecule has 0 heterocycles. The van der Waals surface area contributed by atoms with Crippen molar-refractivity contribution >= 4 is 0 Å². The van der Waals surface area contributed by atoms with Crippen LogP contribution in [0.4, 0.5) is 0 Å². The third-order valence-corrected chi connectivity index (χ3v) is 6.27. The van der Waals surface area contributed by atoms with Crippen LogP contribution in [-0.2, 0) is 0 Å². The Morgan fingerprint density at radius 2 is 1.89 bits per heavy atom. The maximum absolute atomic E-state index is 11.3. The first-order chi connectivity index (χ1) is 8.92. The van der Waals surface area contributed by atoms with Crippen molar-refractivity contribution in [2.75, 3.05) is 6.54 Å². The fourth-order valence-electron chi connectivity index (χ4n) is 4.74. The van der Waals surface area contributed by atoms with Gasteiger partial charge >= 0.3 is 0 Å². The van der Waals surface area contributed by atoms with E-state index in [4.69, 9.17) is 5.73 Å². The van der Waals surface area contributed by atoms with Gasteiger partial charge in [0.25, 0.3) is 0 Å². The van der Waals surface area contributed by atoms with E-state index in [0.717, 1.165) is 43.4 Å². The van der Waals surface area contributed by atoms with Crippen molar-refractivity contribution in [3.63, 3.8) is 0 Å². The normalized spacial score (nSPS) is 44.5. The molecule has 2 rings (SSSR count). The van der Waals surface area contributed by atoms with Gasteiger partial charge in [0.05, 0.1) is 5.60 Å². The molecule has 0 saturated heterocycles. The van der Waals surface area contributed by atoms with E-state index in [2.05, 4.69) is 20.8 Å². The van der Waals surface area contributed by atoms with Gasteiger partial charge < -0.3 is 10.8 Å². The van der Waals surface area contributed by atoms with Crippen molar-refractivity contribution in [3.8, 4) is 0 Å². The van der Waals surface area contributed by atoms with Crippen LogP contribution in [0.1, 0.15) is 72.1 Å². The molecule has 3 N–H and O–H groups in total. The van der Waals surface area contributed by atoms with Gasteiger partial charge in [0.2, 0.25) is 0 Å². The van der Waals surface area contributed by atoms with Crippen molar-refractivity contribution in [2.45, 2.75) is 77.7 Å². The molecule has 0 aromatic heterocycles. The lowest BCUT2D eigenvalue weighted by Gasteiger charge is -2.45. The minimum atomic E-state index is -0.490. The second-order valence-corrected chi connectivity index (χ2v) is 7.80. The van der Waals surface area contributed by atoms with Gasteiger partial charge in [-0.3, -0.25) is 0 Å². The summed E-state index contributed by atoms with van der Waals surface area (Å²) in [5.41, 5.74) is 5.65. The van der Waals surface area contributed by atoms with Gasteiger partial charge in [0.15, 0.2) is 0 Å². The Bertz CT molecular complexity index is 304. The largest absolute Gasteiger partial charge is 0.389 e. The molecule has 0 aliphatic heterocycles. The lowest BCUT2D eigenvalue weighted by molar-refractivity contribution is -0.0916. The average molecular weight is 267 g/mol. The minimum Gasteiger partial charge on any atom is -0.389 e. The maximum atomic E-state index is 11.3. The van der Waals surface area contributed by atoms with E-state index in [-0.39, 0.29) is 5.41 Å². The molecule has 4 unspecified atom stereocenters. The van der Waals surface area contributed by atoms with Crippen LogP contribution in [0.2, 0.25) is 0 Å². The summed E-state index contributed by atoms with van der Waals surface area (Å²) in [5.74, 6) is 2.28. The number of rotatable bonds is 3. The van der Waals surface area contributed by atoms with Crippen molar-refractivity contribution in [2.24, 2.45) is 28.9 Å². The van der Waals surface area contributed by atoms with E-state index in [1.165, 1.54) is 25.7 Å². The summed E-state index contributed by atoms with van der Waals surface area (Å²) in [5, 5.41) is 11.3. The van der Waals surface area contributed by atoms with Crippen molar-refractivity contribution < 1.29 is 5.11 Å². The van der Waals surface area contributed by atoms with Crippen molar-refractivity contribution in [3.05, 3.63) is 0 Å². The molecule has 0 radical (unpaired) electrons. The molecule has 0 aromatic carbocycles. The van der Waals surface area contributed by atoms with Crippen LogP contribution in [0, 0.1) is 23.2 Å². The Morgan fingerprint density at radius 1 is 1.16 bits per heavy atom. The summed E-state index contributed by atoms with van der Waals surface area (Å²) in [6, 6.07) is 0. The Balaban J connectivity index is 2.13. The summed E-state index contributed by atoms with van der Waals surface area (Å²) >= 11 is 0. The van der Waals surface area contributed by atoms with E-state index in [9.17, 15) is 5.11 Å². The first-order valence-corrected chi connectivity index (χ1v) is 8.35. The number of nitrogens with two attached hydrogens (primary N) is 1. The van der Waals surface area contributed by atoms with Gasteiger partial charge in [-0.15, -0.1) is 0 Å². The first kappa shape index (κ1) is 15.3. The van der Waals surface area contributed by atoms with Crippen LogP contribution in [0.3, 0.4) is 0 Å². The minimum absolute atomic E-state index is 0.0122. The third kappa shape index (κ3) is 2.85. The first-order valence-electron chi connectivity index (χ1n) is 8.35. The molecule has 0 bridgehead atoms. The highest BCUT2D eigenvalue weighted by atomic mass is 16.3. The lowest BCUT2D eigenvalue weighted by Crippen LogP contribution is -2.51. The molecule has 2 nitrogen and oxygen atoms in total. The van der Waals surface area contributed by atoms with Crippen LogP contribution >= 0.6 is 0 Å². The van der Waals surface area contributed by atoms with Crippen LogP contribution in [0.15, 0.2) is 0 Å². The van der Waals surface area contributed by atoms with Gasteiger partial charge in [-0.05, 0) is 49.9 Å². The van der Waals surface area contributed by atoms with Gasteiger partial charge in [0.1, 0.15) is 0 Å². The van der Waals surface area contributed by atoms with Crippen LogP contribution in [-0.4, -0.2) is 17.3 Å². The van der Waals surface area contributed by atoms with Gasteiger partial charge in [-0.2, -0.15) is 0 Å².